The second-order valence-corrected chi connectivity index (χ2v) is 7.51. The molecule has 0 bridgehead atoms. The molecule has 2 aliphatic rings. The van der Waals surface area contributed by atoms with E-state index in [1.165, 1.54) is 41.5 Å². The molecule has 130 valence electrons. The molecule has 0 aromatic heterocycles. The van der Waals surface area contributed by atoms with Crippen molar-refractivity contribution < 1.29 is 4.79 Å². The first-order valence-corrected chi connectivity index (χ1v) is 9.72. The molecule has 2 aromatic carbocycles. The molecule has 1 aliphatic carbocycles. The van der Waals surface area contributed by atoms with Crippen LogP contribution in [0.1, 0.15) is 50.2 Å². The molecule has 2 nitrogen and oxygen atoms in total. The van der Waals surface area contributed by atoms with E-state index in [1.807, 2.05) is 0 Å². The maximum absolute atomic E-state index is 13.7. The van der Waals surface area contributed by atoms with Crippen molar-refractivity contribution >= 4 is 5.78 Å². The Bertz CT molecular complexity index is 728. The van der Waals surface area contributed by atoms with Crippen LogP contribution in [0.3, 0.4) is 0 Å². The van der Waals surface area contributed by atoms with Crippen molar-refractivity contribution in [2.75, 3.05) is 19.6 Å². The smallest absolute Gasteiger partial charge is 0.161 e. The molecule has 1 aliphatic heterocycles. The standard InChI is InChI=1S/C23H27NO/c1-2-14-23(22(25)17-24-15-8-3-9-16-24)20-12-6-4-10-18(20)19-11-5-7-13-21(19)23/h4-7,10-13H,2-3,8-9,14-17H2,1H3. The molecule has 0 atom stereocenters. The SMILES string of the molecule is CCCC1(C(=O)CN2CCCCC2)c2ccccc2-c2ccccc21. The van der Waals surface area contributed by atoms with Gasteiger partial charge in [0, 0.05) is 0 Å². The fourth-order valence-corrected chi connectivity index (χ4v) is 4.87. The molecule has 1 heterocycles. The predicted octanol–water partition coefficient (Wildman–Crippen LogP) is 4.81. The first-order valence-electron chi connectivity index (χ1n) is 9.72. The van der Waals surface area contributed by atoms with Crippen LogP contribution in [0.15, 0.2) is 48.5 Å². The van der Waals surface area contributed by atoms with E-state index in [0.717, 1.165) is 25.9 Å². The number of rotatable bonds is 5. The largest absolute Gasteiger partial charge is 0.297 e. The van der Waals surface area contributed by atoms with Gasteiger partial charge in [0.05, 0.1) is 12.0 Å². The number of ketones is 1. The van der Waals surface area contributed by atoms with Crippen LogP contribution in [0.25, 0.3) is 11.1 Å². The van der Waals surface area contributed by atoms with Gasteiger partial charge in [-0.3, -0.25) is 9.69 Å². The molecule has 25 heavy (non-hydrogen) atoms. The third-order valence-corrected chi connectivity index (χ3v) is 5.98. The van der Waals surface area contributed by atoms with Crippen LogP contribution < -0.4 is 0 Å². The number of benzene rings is 2. The van der Waals surface area contributed by atoms with Gasteiger partial charge in [-0.25, -0.2) is 0 Å². The molecule has 0 N–H and O–H groups in total. The Morgan fingerprint density at radius 3 is 2.04 bits per heavy atom. The number of nitrogens with zero attached hydrogens (tertiary/aromatic N) is 1. The van der Waals surface area contributed by atoms with Crippen LogP contribution in [-0.4, -0.2) is 30.3 Å². The van der Waals surface area contributed by atoms with Gasteiger partial charge in [0.1, 0.15) is 0 Å². The number of carbonyl (C=O) groups excluding carboxylic acids is 1. The summed E-state index contributed by atoms with van der Waals surface area (Å²) in [6.07, 6.45) is 5.65. The second-order valence-electron chi connectivity index (χ2n) is 7.51. The Kier molecular flexibility index (Phi) is 4.47. The molecule has 2 heteroatoms. The average Bonchev–Trinajstić information content (AvgIpc) is 2.95. The topological polar surface area (TPSA) is 20.3 Å². The van der Waals surface area contributed by atoms with Gasteiger partial charge in [-0.15, -0.1) is 0 Å². The van der Waals surface area contributed by atoms with E-state index in [0.29, 0.717) is 12.3 Å². The van der Waals surface area contributed by atoms with Crippen molar-refractivity contribution in [2.45, 2.75) is 44.4 Å². The Hall–Kier alpha value is -1.93. The third-order valence-electron chi connectivity index (χ3n) is 5.98. The van der Waals surface area contributed by atoms with E-state index < -0.39 is 5.41 Å². The highest BCUT2D eigenvalue weighted by molar-refractivity contribution is 6.02. The molecule has 0 radical (unpaired) electrons. The zero-order valence-corrected chi connectivity index (χ0v) is 15.1. The number of Topliss-reactive ketones (excluding diaryl/α,β-unsaturated/α-hetero) is 1. The lowest BCUT2D eigenvalue weighted by Gasteiger charge is -2.34. The zero-order valence-electron chi connectivity index (χ0n) is 15.1. The highest BCUT2D eigenvalue weighted by Crippen LogP contribution is 2.51. The summed E-state index contributed by atoms with van der Waals surface area (Å²) in [5, 5.41) is 0. The summed E-state index contributed by atoms with van der Waals surface area (Å²) in [6, 6.07) is 17.1. The maximum atomic E-state index is 13.7. The lowest BCUT2D eigenvalue weighted by Crippen LogP contribution is -2.44. The second kappa shape index (κ2) is 6.76. The number of hydrogen-bond acceptors (Lipinski definition) is 2. The lowest BCUT2D eigenvalue weighted by atomic mass is 9.71. The summed E-state index contributed by atoms with van der Waals surface area (Å²) in [7, 11) is 0. The molecule has 2 aromatic rings. The summed E-state index contributed by atoms with van der Waals surface area (Å²) in [4.78, 5) is 16.1. The summed E-state index contributed by atoms with van der Waals surface area (Å²) in [5.41, 5.74) is 4.48. The molecule has 0 amide bonds. The molecule has 0 spiro atoms. The van der Waals surface area contributed by atoms with Crippen molar-refractivity contribution in [3.63, 3.8) is 0 Å². The number of fused-ring (bicyclic) bond motifs is 3. The molecular formula is C23H27NO. The van der Waals surface area contributed by atoms with Crippen molar-refractivity contribution in [3.8, 4) is 11.1 Å². The average molecular weight is 333 g/mol. The number of likely N-dealkylation sites (tertiary alicyclic amines) is 1. The lowest BCUT2D eigenvalue weighted by molar-refractivity contribution is -0.124. The Balaban J connectivity index is 1.80. The van der Waals surface area contributed by atoms with Gasteiger partial charge < -0.3 is 0 Å². The zero-order chi connectivity index (χ0) is 17.3. The van der Waals surface area contributed by atoms with Crippen LogP contribution in [0.2, 0.25) is 0 Å². The van der Waals surface area contributed by atoms with Crippen molar-refractivity contribution in [1.82, 2.24) is 4.90 Å². The highest BCUT2D eigenvalue weighted by atomic mass is 16.1. The van der Waals surface area contributed by atoms with E-state index in [9.17, 15) is 4.79 Å². The summed E-state index contributed by atoms with van der Waals surface area (Å²) >= 11 is 0. The van der Waals surface area contributed by atoms with Gasteiger partial charge in [0.15, 0.2) is 5.78 Å². The number of piperidine rings is 1. The highest BCUT2D eigenvalue weighted by Gasteiger charge is 2.47. The molecule has 4 rings (SSSR count). The van der Waals surface area contributed by atoms with Gasteiger partial charge in [-0.2, -0.15) is 0 Å². The van der Waals surface area contributed by atoms with E-state index in [2.05, 4.69) is 60.4 Å². The van der Waals surface area contributed by atoms with E-state index in [4.69, 9.17) is 0 Å². The molecule has 0 unspecified atom stereocenters. The fourth-order valence-electron chi connectivity index (χ4n) is 4.87. The van der Waals surface area contributed by atoms with Gasteiger partial charge >= 0.3 is 0 Å². The van der Waals surface area contributed by atoms with Crippen molar-refractivity contribution in [2.24, 2.45) is 0 Å². The van der Waals surface area contributed by atoms with E-state index >= 15 is 0 Å². The monoisotopic (exact) mass is 333 g/mol. The third kappa shape index (κ3) is 2.64. The minimum atomic E-state index is -0.459. The molecular weight excluding hydrogens is 306 g/mol. The number of carbonyl (C=O) groups is 1. The quantitative estimate of drug-likeness (QED) is 0.783. The molecule has 0 saturated carbocycles. The van der Waals surface area contributed by atoms with Crippen LogP contribution >= 0.6 is 0 Å². The summed E-state index contributed by atoms with van der Waals surface area (Å²) in [6.45, 7) is 4.91. The van der Waals surface area contributed by atoms with Crippen LogP contribution in [-0.2, 0) is 10.2 Å². The van der Waals surface area contributed by atoms with E-state index in [-0.39, 0.29) is 0 Å². The van der Waals surface area contributed by atoms with Crippen LogP contribution in [0, 0.1) is 0 Å². The molecule has 1 saturated heterocycles. The predicted molar refractivity (Wildman–Crippen MR) is 103 cm³/mol. The van der Waals surface area contributed by atoms with Crippen LogP contribution in [0.5, 0.6) is 0 Å². The maximum Gasteiger partial charge on any atom is 0.161 e. The first kappa shape index (κ1) is 16.5. The van der Waals surface area contributed by atoms with Gasteiger partial charge in [-0.05, 0) is 54.6 Å². The van der Waals surface area contributed by atoms with Gasteiger partial charge in [-0.1, -0.05) is 68.3 Å². The van der Waals surface area contributed by atoms with E-state index in [1.54, 1.807) is 0 Å². The summed E-state index contributed by atoms with van der Waals surface area (Å²) < 4.78 is 0. The summed E-state index contributed by atoms with van der Waals surface area (Å²) in [5.74, 6) is 0.383. The number of hydrogen-bond donors (Lipinski definition) is 0. The van der Waals surface area contributed by atoms with Crippen molar-refractivity contribution in [3.05, 3.63) is 59.7 Å². The Morgan fingerprint density at radius 2 is 1.48 bits per heavy atom. The van der Waals surface area contributed by atoms with Gasteiger partial charge in [0.2, 0.25) is 0 Å². The Morgan fingerprint density at radius 1 is 0.920 bits per heavy atom. The fraction of sp³-hybridized carbons (Fsp3) is 0.435. The van der Waals surface area contributed by atoms with Gasteiger partial charge in [0.25, 0.3) is 0 Å². The normalized spacial score (nSPS) is 18.6. The minimum Gasteiger partial charge on any atom is -0.297 e. The molecule has 1 fully saturated rings. The van der Waals surface area contributed by atoms with Crippen LogP contribution in [0.4, 0.5) is 0 Å². The minimum absolute atomic E-state index is 0.383. The van der Waals surface area contributed by atoms with Crippen molar-refractivity contribution in [1.29, 1.82) is 0 Å². The Labute approximate surface area is 150 Å². The first-order chi connectivity index (χ1) is 12.3.